The number of hydrogen-bond acceptors (Lipinski definition) is 4. The molecule has 0 radical (unpaired) electrons. The molecular formula is C21H33BrN2O3. The molecule has 0 heterocycles. The molecule has 2 rings (SSSR count). The summed E-state index contributed by atoms with van der Waals surface area (Å²) in [6, 6.07) is 4.49. The fourth-order valence-electron chi connectivity index (χ4n) is 3.25. The first-order valence-corrected chi connectivity index (χ1v) is 10.7. The van der Waals surface area contributed by atoms with Crippen LogP contribution in [0, 0.1) is 0 Å². The van der Waals surface area contributed by atoms with Gasteiger partial charge in [0, 0.05) is 22.6 Å². The Labute approximate surface area is 171 Å². The third-order valence-electron chi connectivity index (χ3n) is 4.47. The van der Waals surface area contributed by atoms with Crippen LogP contribution in [-0.4, -0.2) is 30.7 Å². The highest BCUT2D eigenvalue weighted by atomic mass is 79.9. The van der Waals surface area contributed by atoms with Crippen LogP contribution in [-0.2, 0) is 11.3 Å². The topological polar surface area (TPSA) is 59.6 Å². The highest BCUT2D eigenvalue weighted by molar-refractivity contribution is 9.10. The number of halogens is 1. The number of nitrogens with one attached hydrogen (secondary N) is 2. The second kappa shape index (κ2) is 10.3. The molecule has 1 amide bonds. The van der Waals surface area contributed by atoms with E-state index in [-0.39, 0.29) is 18.1 Å². The van der Waals surface area contributed by atoms with Gasteiger partial charge in [0.05, 0.1) is 6.61 Å². The molecule has 0 saturated heterocycles. The standard InChI is InChI=1S/C21H33BrN2O3/c1-5-26-18-11-15(13-23-16-9-7-6-8-10-16)17(22)12-19(18)27-14-20(25)24-21(2,3)4/h11-12,16,23H,5-10,13-14H2,1-4H3,(H,24,25). The SMILES string of the molecule is CCOc1cc(CNC2CCCCC2)c(Br)cc1OCC(=O)NC(C)(C)C. The predicted molar refractivity (Wildman–Crippen MR) is 112 cm³/mol. The van der Waals surface area contributed by atoms with Crippen LogP contribution >= 0.6 is 15.9 Å². The largest absolute Gasteiger partial charge is 0.490 e. The van der Waals surface area contributed by atoms with Gasteiger partial charge in [0.25, 0.3) is 5.91 Å². The van der Waals surface area contributed by atoms with Crippen molar-refractivity contribution in [1.82, 2.24) is 10.6 Å². The molecule has 0 spiro atoms. The average Bonchev–Trinajstić information content (AvgIpc) is 2.60. The molecular weight excluding hydrogens is 408 g/mol. The lowest BCUT2D eigenvalue weighted by atomic mass is 9.95. The van der Waals surface area contributed by atoms with Crippen molar-refractivity contribution in [1.29, 1.82) is 0 Å². The zero-order chi connectivity index (χ0) is 19.9. The minimum absolute atomic E-state index is 0.0382. The van der Waals surface area contributed by atoms with Crippen LogP contribution in [0.2, 0.25) is 0 Å². The van der Waals surface area contributed by atoms with Gasteiger partial charge in [0.15, 0.2) is 18.1 Å². The van der Waals surface area contributed by atoms with E-state index in [0.29, 0.717) is 24.1 Å². The third kappa shape index (κ3) is 7.70. The Morgan fingerprint density at radius 2 is 1.81 bits per heavy atom. The van der Waals surface area contributed by atoms with E-state index in [9.17, 15) is 4.79 Å². The van der Waals surface area contributed by atoms with Gasteiger partial charge in [0.1, 0.15) is 0 Å². The zero-order valence-corrected chi connectivity index (χ0v) is 18.6. The summed E-state index contributed by atoms with van der Waals surface area (Å²) in [6.07, 6.45) is 6.48. The lowest BCUT2D eigenvalue weighted by Crippen LogP contribution is -2.43. The molecule has 0 aliphatic heterocycles. The number of hydrogen-bond donors (Lipinski definition) is 2. The van der Waals surface area contributed by atoms with Gasteiger partial charge in [0.2, 0.25) is 0 Å². The number of ether oxygens (including phenoxy) is 2. The van der Waals surface area contributed by atoms with Crippen LogP contribution < -0.4 is 20.1 Å². The molecule has 1 aliphatic rings. The van der Waals surface area contributed by atoms with Crippen molar-refractivity contribution < 1.29 is 14.3 Å². The molecule has 0 bridgehead atoms. The van der Waals surface area contributed by atoms with Crippen molar-refractivity contribution in [3.63, 3.8) is 0 Å². The van der Waals surface area contributed by atoms with Crippen molar-refractivity contribution in [3.8, 4) is 11.5 Å². The second-order valence-corrected chi connectivity index (χ2v) is 8.98. The minimum atomic E-state index is -0.279. The Bertz CT molecular complexity index is 623. The van der Waals surface area contributed by atoms with Crippen LogP contribution in [0.3, 0.4) is 0 Å². The number of rotatable bonds is 8. The van der Waals surface area contributed by atoms with Crippen LogP contribution in [0.4, 0.5) is 0 Å². The predicted octanol–water partition coefficient (Wildman–Crippen LogP) is 4.56. The van der Waals surface area contributed by atoms with Crippen LogP contribution in [0.25, 0.3) is 0 Å². The van der Waals surface area contributed by atoms with Crippen molar-refractivity contribution in [2.75, 3.05) is 13.2 Å². The monoisotopic (exact) mass is 440 g/mol. The maximum Gasteiger partial charge on any atom is 0.258 e. The summed E-state index contributed by atoms with van der Waals surface area (Å²) < 4.78 is 12.5. The molecule has 1 saturated carbocycles. The normalized spacial score (nSPS) is 15.4. The number of carbonyl (C=O) groups excluding carboxylic acids is 1. The smallest absolute Gasteiger partial charge is 0.258 e. The van der Waals surface area contributed by atoms with E-state index in [2.05, 4.69) is 26.6 Å². The zero-order valence-electron chi connectivity index (χ0n) is 17.0. The van der Waals surface area contributed by atoms with Crippen molar-refractivity contribution in [2.24, 2.45) is 0 Å². The van der Waals surface area contributed by atoms with E-state index >= 15 is 0 Å². The first-order chi connectivity index (χ1) is 12.8. The summed E-state index contributed by atoms with van der Waals surface area (Å²) in [4.78, 5) is 12.0. The maximum absolute atomic E-state index is 12.0. The highest BCUT2D eigenvalue weighted by Crippen LogP contribution is 2.34. The van der Waals surface area contributed by atoms with Crippen LogP contribution in [0.5, 0.6) is 11.5 Å². The van der Waals surface area contributed by atoms with Gasteiger partial charge in [-0.15, -0.1) is 0 Å². The highest BCUT2D eigenvalue weighted by Gasteiger charge is 2.17. The Morgan fingerprint density at radius 1 is 1.15 bits per heavy atom. The Morgan fingerprint density at radius 3 is 2.44 bits per heavy atom. The van der Waals surface area contributed by atoms with Gasteiger partial charge in [-0.1, -0.05) is 35.2 Å². The van der Waals surface area contributed by atoms with Crippen LogP contribution in [0.1, 0.15) is 65.4 Å². The molecule has 5 nitrogen and oxygen atoms in total. The van der Waals surface area contributed by atoms with E-state index in [1.165, 1.54) is 32.1 Å². The lowest BCUT2D eigenvalue weighted by Gasteiger charge is -2.23. The third-order valence-corrected chi connectivity index (χ3v) is 5.21. The van der Waals surface area contributed by atoms with E-state index in [1.807, 2.05) is 39.8 Å². The Hall–Kier alpha value is -1.27. The molecule has 1 aromatic carbocycles. The lowest BCUT2D eigenvalue weighted by molar-refractivity contribution is -0.124. The summed E-state index contributed by atoms with van der Waals surface area (Å²) in [5.74, 6) is 1.10. The average molecular weight is 441 g/mol. The van der Waals surface area contributed by atoms with Crippen molar-refractivity contribution in [2.45, 2.75) is 77.9 Å². The molecule has 152 valence electrons. The Kier molecular flexibility index (Phi) is 8.42. The first kappa shape index (κ1) is 22.0. The van der Waals surface area contributed by atoms with Crippen LogP contribution in [0.15, 0.2) is 16.6 Å². The van der Waals surface area contributed by atoms with E-state index < -0.39 is 0 Å². The molecule has 6 heteroatoms. The number of carbonyl (C=O) groups is 1. The fraction of sp³-hybridized carbons (Fsp3) is 0.667. The van der Waals surface area contributed by atoms with E-state index in [0.717, 1.165) is 16.6 Å². The summed E-state index contributed by atoms with van der Waals surface area (Å²) in [6.45, 7) is 9.07. The molecule has 0 aromatic heterocycles. The molecule has 1 aromatic rings. The fourth-order valence-corrected chi connectivity index (χ4v) is 3.72. The molecule has 2 N–H and O–H groups in total. The quantitative estimate of drug-likeness (QED) is 0.621. The van der Waals surface area contributed by atoms with Gasteiger partial charge < -0.3 is 20.1 Å². The summed E-state index contributed by atoms with van der Waals surface area (Å²) in [5, 5.41) is 6.55. The summed E-state index contributed by atoms with van der Waals surface area (Å²) in [5.41, 5.74) is 0.855. The van der Waals surface area contributed by atoms with Gasteiger partial charge in [-0.05, 0) is 58.2 Å². The summed E-state index contributed by atoms with van der Waals surface area (Å²) in [7, 11) is 0. The Balaban J connectivity index is 2.02. The molecule has 0 atom stereocenters. The van der Waals surface area contributed by atoms with E-state index in [4.69, 9.17) is 9.47 Å². The minimum Gasteiger partial charge on any atom is -0.490 e. The van der Waals surface area contributed by atoms with Crippen molar-refractivity contribution >= 4 is 21.8 Å². The van der Waals surface area contributed by atoms with Crippen molar-refractivity contribution in [3.05, 3.63) is 22.2 Å². The number of amides is 1. The van der Waals surface area contributed by atoms with E-state index in [1.54, 1.807) is 0 Å². The molecule has 1 fully saturated rings. The molecule has 1 aliphatic carbocycles. The molecule has 27 heavy (non-hydrogen) atoms. The summed E-state index contributed by atoms with van der Waals surface area (Å²) >= 11 is 3.64. The van der Waals surface area contributed by atoms with Gasteiger partial charge in [-0.25, -0.2) is 0 Å². The molecule has 0 unspecified atom stereocenters. The maximum atomic E-state index is 12.0. The second-order valence-electron chi connectivity index (χ2n) is 8.13. The first-order valence-electron chi connectivity index (χ1n) is 9.91. The van der Waals surface area contributed by atoms with Gasteiger partial charge in [-0.3, -0.25) is 4.79 Å². The number of benzene rings is 1. The van der Waals surface area contributed by atoms with Gasteiger partial charge in [-0.2, -0.15) is 0 Å². The van der Waals surface area contributed by atoms with Gasteiger partial charge >= 0.3 is 0 Å².